The standard InChI is InChI=1S/C12H9NO/c13-8-2-4-9-3-1-5-11-10(9)6-7-12(11)14/h1-5H,6-7H2. The monoisotopic (exact) mass is 183 g/mol. The van der Waals surface area contributed by atoms with Crippen molar-refractivity contribution in [2.75, 3.05) is 0 Å². The number of ketones is 1. The van der Waals surface area contributed by atoms with Crippen LogP contribution < -0.4 is 0 Å². The predicted octanol–water partition coefficient (Wildman–Crippen LogP) is 2.35. The SMILES string of the molecule is N#CC=Cc1cccc2c1CCC2=O. The van der Waals surface area contributed by atoms with Gasteiger partial charge in [0, 0.05) is 18.1 Å². The molecule has 0 bridgehead atoms. The molecule has 0 saturated heterocycles. The first-order valence-electron chi connectivity index (χ1n) is 4.54. The molecule has 68 valence electrons. The Morgan fingerprint density at radius 2 is 2.21 bits per heavy atom. The van der Waals surface area contributed by atoms with Gasteiger partial charge in [0.2, 0.25) is 0 Å². The Balaban J connectivity index is 2.50. The number of carbonyl (C=O) groups excluding carboxylic acids is 1. The van der Waals surface area contributed by atoms with Crippen LogP contribution in [0, 0.1) is 11.3 Å². The minimum absolute atomic E-state index is 0.215. The Morgan fingerprint density at radius 3 is 3.00 bits per heavy atom. The molecule has 0 atom stereocenters. The maximum Gasteiger partial charge on any atom is 0.163 e. The lowest BCUT2D eigenvalue weighted by atomic mass is 10.0. The molecule has 0 spiro atoms. The van der Waals surface area contributed by atoms with Gasteiger partial charge in [0.25, 0.3) is 0 Å². The number of Topliss-reactive ketones (excluding diaryl/α,β-unsaturated/α-hetero) is 1. The molecule has 0 aliphatic heterocycles. The summed E-state index contributed by atoms with van der Waals surface area (Å²) in [4.78, 5) is 11.4. The van der Waals surface area contributed by atoms with Gasteiger partial charge < -0.3 is 0 Å². The summed E-state index contributed by atoms with van der Waals surface area (Å²) in [6, 6.07) is 7.60. The summed E-state index contributed by atoms with van der Waals surface area (Å²) < 4.78 is 0. The Labute approximate surface area is 82.5 Å². The van der Waals surface area contributed by atoms with E-state index in [9.17, 15) is 4.79 Å². The molecular weight excluding hydrogens is 174 g/mol. The Morgan fingerprint density at radius 1 is 1.36 bits per heavy atom. The fourth-order valence-corrected chi connectivity index (χ4v) is 1.80. The van der Waals surface area contributed by atoms with E-state index in [2.05, 4.69) is 0 Å². The molecule has 1 aromatic carbocycles. The molecule has 1 aliphatic rings. The lowest BCUT2D eigenvalue weighted by Gasteiger charge is -2.01. The first-order chi connectivity index (χ1) is 6.83. The van der Waals surface area contributed by atoms with E-state index in [1.807, 2.05) is 24.3 Å². The topological polar surface area (TPSA) is 40.9 Å². The average Bonchev–Trinajstić information content (AvgIpc) is 2.58. The Kier molecular flexibility index (Phi) is 2.16. The van der Waals surface area contributed by atoms with Crippen molar-refractivity contribution in [3.8, 4) is 6.07 Å². The summed E-state index contributed by atoms with van der Waals surface area (Å²) >= 11 is 0. The quantitative estimate of drug-likeness (QED) is 0.627. The molecule has 0 aromatic heterocycles. The maximum atomic E-state index is 11.4. The molecule has 2 heteroatoms. The van der Waals surface area contributed by atoms with E-state index in [0.717, 1.165) is 23.1 Å². The molecule has 0 unspecified atom stereocenters. The van der Waals surface area contributed by atoms with E-state index >= 15 is 0 Å². The van der Waals surface area contributed by atoms with Crippen LogP contribution in [-0.2, 0) is 6.42 Å². The molecule has 1 aromatic rings. The number of fused-ring (bicyclic) bond motifs is 1. The van der Waals surface area contributed by atoms with Gasteiger partial charge in [0.1, 0.15) is 0 Å². The predicted molar refractivity (Wildman–Crippen MR) is 53.7 cm³/mol. The van der Waals surface area contributed by atoms with Crippen LogP contribution in [0.1, 0.15) is 27.9 Å². The van der Waals surface area contributed by atoms with Crippen LogP contribution in [0.15, 0.2) is 24.3 Å². The van der Waals surface area contributed by atoms with Crippen molar-refractivity contribution in [3.63, 3.8) is 0 Å². The van der Waals surface area contributed by atoms with E-state index in [0.29, 0.717) is 6.42 Å². The lowest BCUT2D eigenvalue weighted by molar-refractivity contribution is 0.0994. The van der Waals surface area contributed by atoms with Crippen LogP contribution >= 0.6 is 0 Å². The lowest BCUT2D eigenvalue weighted by Crippen LogP contribution is -1.91. The second-order valence-corrected chi connectivity index (χ2v) is 3.26. The molecule has 2 nitrogen and oxygen atoms in total. The number of carbonyl (C=O) groups is 1. The van der Waals surface area contributed by atoms with Gasteiger partial charge in [0.05, 0.1) is 6.07 Å². The van der Waals surface area contributed by atoms with E-state index < -0.39 is 0 Å². The third kappa shape index (κ3) is 1.33. The summed E-state index contributed by atoms with van der Waals surface area (Å²) in [5.41, 5.74) is 2.91. The Bertz CT molecular complexity index is 452. The van der Waals surface area contributed by atoms with Crippen LogP contribution in [0.25, 0.3) is 6.08 Å². The van der Waals surface area contributed by atoms with E-state index in [1.165, 1.54) is 6.08 Å². The van der Waals surface area contributed by atoms with Crippen LogP contribution in [0.3, 0.4) is 0 Å². The number of nitriles is 1. The molecule has 0 N–H and O–H groups in total. The zero-order valence-corrected chi connectivity index (χ0v) is 7.66. The number of nitrogens with zero attached hydrogens (tertiary/aromatic N) is 1. The van der Waals surface area contributed by atoms with E-state index in [1.54, 1.807) is 6.08 Å². The molecular formula is C12H9NO. The van der Waals surface area contributed by atoms with Crippen molar-refractivity contribution in [1.82, 2.24) is 0 Å². The van der Waals surface area contributed by atoms with Gasteiger partial charge in [-0.15, -0.1) is 0 Å². The van der Waals surface area contributed by atoms with Gasteiger partial charge >= 0.3 is 0 Å². The fraction of sp³-hybridized carbons (Fsp3) is 0.167. The van der Waals surface area contributed by atoms with Crippen LogP contribution in [-0.4, -0.2) is 5.78 Å². The zero-order valence-electron chi connectivity index (χ0n) is 7.66. The largest absolute Gasteiger partial charge is 0.294 e. The fourth-order valence-electron chi connectivity index (χ4n) is 1.80. The third-order valence-corrected chi connectivity index (χ3v) is 2.45. The molecule has 0 fully saturated rings. The Hall–Kier alpha value is -1.88. The number of benzene rings is 1. The highest BCUT2D eigenvalue weighted by molar-refractivity contribution is 6.01. The summed E-state index contributed by atoms with van der Waals surface area (Å²) in [5.74, 6) is 0.215. The third-order valence-electron chi connectivity index (χ3n) is 2.45. The van der Waals surface area contributed by atoms with Gasteiger partial charge in [-0.1, -0.05) is 18.2 Å². The highest BCUT2D eigenvalue weighted by Gasteiger charge is 2.20. The second-order valence-electron chi connectivity index (χ2n) is 3.26. The highest BCUT2D eigenvalue weighted by atomic mass is 16.1. The average molecular weight is 183 g/mol. The zero-order chi connectivity index (χ0) is 9.97. The van der Waals surface area contributed by atoms with Gasteiger partial charge in [0.15, 0.2) is 5.78 Å². The molecule has 0 radical (unpaired) electrons. The van der Waals surface area contributed by atoms with Crippen molar-refractivity contribution >= 4 is 11.9 Å². The van der Waals surface area contributed by atoms with Crippen LogP contribution in [0.5, 0.6) is 0 Å². The minimum Gasteiger partial charge on any atom is -0.294 e. The summed E-state index contributed by atoms with van der Waals surface area (Å²) in [7, 11) is 0. The first kappa shape index (κ1) is 8.71. The van der Waals surface area contributed by atoms with Crippen LogP contribution in [0.4, 0.5) is 0 Å². The molecule has 1 aliphatic carbocycles. The summed E-state index contributed by atoms with van der Waals surface area (Å²) in [6.07, 6.45) is 4.61. The van der Waals surface area contributed by atoms with Crippen molar-refractivity contribution in [2.24, 2.45) is 0 Å². The van der Waals surface area contributed by atoms with E-state index in [-0.39, 0.29) is 5.78 Å². The molecule has 0 amide bonds. The molecule has 0 heterocycles. The summed E-state index contributed by atoms with van der Waals surface area (Å²) in [6.45, 7) is 0. The number of hydrogen-bond donors (Lipinski definition) is 0. The number of allylic oxidation sites excluding steroid dienone is 1. The van der Waals surface area contributed by atoms with Gasteiger partial charge in [-0.05, 0) is 23.6 Å². The molecule has 2 rings (SSSR count). The highest BCUT2D eigenvalue weighted by Crippen LogP contribution is 2.25. The van der Waals surface area contributed by atoms with Crippen molar-refractivity contribution in [1.29, 1.82) is 5.26 Å². The summed E-state index contributed by atoms with van der Waals surface area (Å²) in [5, 5.41) is 8.42. The molecule has 14 heavy (non-hydrogen) atoms. The van der Waals surface area contributed by atoms with Crippen molar-refractivity contribution in [2.45, 2.75) is 12.8 Å². The number of rotatable bonds is 1. The first-order valence-corrected chi connectivity index (χ1v) is 4.54. The maximum absolute atomic E-state index is 11.4. The second kappa shape index (κ2) is 3.47. The molecule has 0 saturated carbocycles. The van der Waals surface area contributed by atoms with Gasteiger partial charge in [-0.3, -0.25) is 4.79 Å². The van der Waals surface area contributed by atoms with Crippen molar-refractivity contribution < 1.29 is 4.79 Å². The van der Waals surface area contributed by atoms with Gasteiger partial charge in [-0.25, -0.2) is 0 Å². The normalized spacial score (nSPS) is 14.4. The number of hydrogen-bond acceptors (Lipinski definition) is 2. The smallest absolute Gasteiger partial charge is 0.163 e. The van der Waals surface area contributed by atoms with Crippen molar-refractivity contribution in [3.05, 3.63) is 41.0 Å². The van der Waals surface area contributed by atoms with E-state index in [4.69, 9.17) is 5.26 Å². The van der Waals surface area contributed by atoms with Gasteiger partial charge in [-0.2, -0.15) is 5.26 Å². The van der Waals surface area contributed by atoms with Crippen LogP contribution in [0.2, 0.25) is 0 Å². The minimum atomic E-state index is 0.215.